The van der Waals surface area contributed by atoms with Crippen LogP contribution in [0.4, 0.5) is 4.39 Å². The van der Waals surface area contributed by atoms with E-state index >= 15 is 0 Å². The highest BCUT2D eigenvalue weighted by atomic mass is 35.5. The molecule has 148 valence electrons. The number of carbonyl (C=O) groups excluding carboxylic acids is 1. The zero-order valence-electron chi connectivity index (χ0n) is 15.6. The molecule has 0 bridgehead atoms. The molecule has 0 aliphatic heterocycles. The molecule has 0 saturated heterocycles. The standard InChI is InChI=1S/C23H15ClFN3OS/c24-18-4-2-1-3-16(18)12-26-22(29)15-7-10-20-21(11-15)30-23-27-19(13-28(20)23)14-5-8-17(25)9-6-14/h1-11,13H,12H2,(H,26,29). The van der Waals surface area contributed by atoms with E-state index in [1.54, 1.807) is 24.3 Å². The Bertz CT molecular complexity index is 1390. The van der Waals surface area contributed by atoms with Gasteiger partial charge in [0.1, 0.15) is 5.82 Å². The fourth-order valence-electron chi connectivity index (χ4n) is 3.32. The fourth-order valence-corrected chi connectivity index (χ4v) is 4.57. The first-order valence-corrected chi connectivity index (χ1v) is 10.5. The van der Waals surface area contributed by atoms with Gasteiger partial charge < -0.3 is 5.32 Å². The van der Waals surface area contributed by atoms with Crippen molar-refractivity contribution < 1.29 is 9.18 Å². The first kappa shape index (κ1) is 18.8. The molecular weight excluding hydrogens is 421 g/mol. The summed E-state index contributed by atoms with van der Waals surface area (Å²) in [6.07, 6.45) is 1.93. The van der Waals surface area contributed by atoms with Crippen LogP contribution >= 0.6 is 22.9 Å². The van der Waals surface area contributed by atoms with Crippen LogP contribution in [0, 0.1) is 5.82 Å². The molecule has 5 aromatic rings. The first-order chi connectivity index (χ1) is 14.6. The van der Waals surface area contributed by atoms with Crippen LogP contribution in [0.2, 0.25) is 5.02 Å². The number of rotatable bonds is 4. The van der Waals surface area contributed by atoms with E-state index in [1.807, 2.05) is 40.9 Å². The quantitative estimate of drug-likeness (QED) is 0.380. The minimum Gasteiger partial charge on any atom is -0.348 e. The van der Waals surface area contributed by atoms with E-state index in [4.69, 9.17) is 11.6 Å². The lowest BCUT2D eigenvalue weighted by Crippen LogP contribution is -2.22. The molecule has 1 N–H and O–H groups in total. The molecule has 0 saturated carbocycles. The van der Waals surface area contributed by atoms with E-state index in [-0.39, 0.29) is 11.7 Å². The third kappa shape index (κ3) is 3.44. The van der Waals surface area contributed by atoms with Gasteiger partial charge in [0, 0.05) is 28.9 Å². The summed E-state index contributed by atoms with van der Waals surface area (Å²) in [5.41, 5.74) is 4.06. The highest BCUT2D eigenvalue weighted by molar-refractivity contribution is 7.23. The van der Waals surface area contributed by atoms with E-state index in [0.717, 1.165) is 32.0 Å². The monoisotopic (exact) mass is 435 g/mol. The molecule has 0 unspecified atom stereocenters. The van der Waals surface area contributed by atoms with Crippen molar-refractivity contribution in [3.05, 3.63) is 94.9 Å². The highest BCUT2D eigenvalue weighted by Gasteiger charge is 2.13. The molecule has 0 aliphatic rings. The van der Waals surface area contributed by atoms with Gasteiger partial charge in [0.25, 0.3) is 5.91 Å². The maximum Gasteiger partial charge on any atom is 0.251 e. The molecule has 3 aromatic carbocycles. The summed E-state index contributed by atoms with van der Waals surface area (Å²) in [5.74, 6) is -0.430. The molecule has 0 radical (unpaired) electrons. The number of aromatic nitrogens is 2. The van der Waals surface area contributed by atoms with Crippen molar-refractivity contribution in [2.45, 2.75) is 6.54 Å². The zero-order chi connectivity index (χ0) is 20.7. The van der Waals surface area contributed by atoms with Crippen molar-refractivity contribution in [2.75, 3.05) is 0 Å². The summed E-state index contributed by atoms with van der Waals surface area (Å²) in [5, 5.41) is 3.54. The van der Waals surface area contributed by atoms with Gasteiger partial charge >= 0.3 is 0 Å². The average Bonchev–Trinajstić information content (AvgIpc) is 3.31. The Morgan fingerprint density at radius 3 is 2.70 bits per heavy atom. The first-order valence-electron chi connectivity index (χ1n) is 9.28. The molecule has 2 aromatic heterocycles. The summed E-state index contributed by atoms with van der Waals surface area (Å²) < 4.78 is 16.1. The Balaban J connectivity index is 1.41. The van der Waals surface area contributed by atoms with Crippen molar-refractivity contribution in [2.24, 2.45) is 0 Å². The maximum absolute atomic E-state index is 13.2. The number of hydrogen-bond donors (Lipinski definition) is 1. The Morgan fingerprint density at radius 1 is 1.10 bits per heavy atom. The molecule has 0 aliphatic carbocycles. The Hall–Kier alpha value is -3.22. The molecular formula is C23H15ClFN3OS. The van der Waals surface area contributed by atoms with Crippen molar-refractivity contribution in [3.63, 3.8) is 0 Å². The molecule has 7 heteroatoms. The number of halogens is 2. The Labute approximate surface area is 180 Å². The topological polar surface area (TPSA) is 46.4 Å². The number of nitrogens with zero attached hydrogens (tertiary/aromatic N) is 2. The summed E-state index contributed by atoms with van der Waals surface area (Å²) in [4.78, 5) is 18.1. The number of imidazole rings is 1. The number of fused-ring (bicyclic) bond motifs is 3. The third-order valence-corrected chi connectivity index (χ3v) is 6.28. The number of benzene rings is 3. The van der Waals surface area contributed by atoms with E-state index in [0.29, 0.717) is 17.1 Å². The maximum atomic E-state index is 13.2. The van der Waals surface area contributed by atoms with Crippen LogP contribution in [0.1, 0.15) is 15.9 Å². The van der Waals surface area contributed by atoms with E-state index in [2.05, 4.69) is 10.3 Å². The van der Waals surface area contributed by atoms with Crippen LogP contribution in [0.25, 0.3) is 26.4 Å². The highest BCUT2D eigenvalue weighted by Crippen LogP contribution is 2.30. The van der Waals surface area contributed by atoms with Gasteiger partial charge in [0.15, 0.2) is 4.96 Å². The van der Waals surface area contributed by atoms with Crippen molar-refractivity contribution >= 4 is 44.0 Å². The number of thiazole rings is 1. The summed E-state index contributed by atoms with van der Waals surface area (Å²) in [6, 6.07) is 19.3. The van der Waals surface area contributed by atoms with Crippen molar-refractivity contribution in [1.29, 1.82) is 0 Å². The predicted octanol–water partition coefficient (Wildman–Crippen LogP) is 5.94. The molecule has 2 heterocycles. The van der Waals surface area contributed by atoms with Crippen LogP contribution in [0.15, 0.2) is 72.9 Å². The van der Waals surface area contributed by atoms with Crippen LogP contribution < -0.4 is 5.32 Å². The summed E-state index contributed by atoms with van der Waals surface area (Å²) >= 11 is 7.66. The minimum atomic E-state index is -0.273. The van der Waals surface area contributed by atoms with Gasteiger partial charge in [0.2, 0.25) is 0 Å². The number of hydrogen-bond acceptors (Lipinski definition) is 3. The molecule has 30 heavy (non-hydrogen) atoms. The molecule has 0 atom stereocenters. The second-order valence-corrected chi connectivity index (χ2v) is 8.26. The Kier molecular flexibility index (Phi) is 4.73. The molecule has 5 rings (SSSR count). The lowest BCUT2D eigenvalue weighted by molar-refractivity contribution is 0.0951. The van der Waals surface area contributed by atoms with Gasteiger partial charge in [-0.05, 0) is 54.1 Å². The van der Waals surface area contributed by atoms with Gasteiger partial charge in [-0.1, -0.05) is 41.1 Å². The Morgan fingerprint density at radius 2 is 1.90 bits per heavy atom. The van der Waals surface area contributed by atoms with Gasteiger partial charge in [-0.2, -0.15) is 0 Å². The van der Waals surface area contributed by atoms with E-state index in [1.165, 1.54) is 23.5 Å². The second kappa shape index (κ2) is 7.55. The predicted molar refractivity (Wildman–Crippen MR) is 119 cm³/mol. The van der Waals surface area contributed by atoms with Gasteiger partial charge in [-0.15, -0.1) is 0 Å². The zero-order valence-corrected chi connectivity index (χ0v) is 17.2. The lowest BCUT2D eigenvalue weighted by Gasteiger charge is -2.07. The fraction of sp³-hybridized carbons (Fsp3) is 0.0435. The van der Waals surface area contributed by atoms with E-state index in [9.17, 15) is 9.18 Å². The van der Waals surface area contributed by atoms with Crippen LogP contribution in [0.5, 0.6) is 0 Å². The van der Waals surface area contributed by atoms with Gasteiger partial charge in [0.05, 0.1) is 15.9 Å². The smallest absolute Gasteiger partial charge is 0.251 e. The normalized spacial score (nSPS) is 11.3. The van der Waals surface area contributed by atoms with Gasteiger partial charge in [-0.3, -0.25) is 9.20 Å². The summed E-state index contributed by atoms with van der Waals surface area (Å²) in [7, 11) is 0. The average molecular weight is 436 g/mol. The number of amides is 1. The lowest BCUT2D eigenvalue weighted by atomic mass is 10.1. The van der Waals surface area contributed by atoms with Crippen LogP contribution in [-0.4, -0.2) is 15.3 Å². The largest absolute Gasteiger partial charge is 0.348 e. The number of nitrogens with one attached hydrogen (secondary N) is 1. The molecule has 0 spiro atoms. The van der Waals surface area contributed by atoms with Crippen molar-refractivity contribution in [3.8, 4) is 11.3 Å². The molecule has 4 nitrogen and oxygen atoms in total. The van der Waals surface area contributed by atoms with E-state index < -0.39 is 0 Å². The molecule has 0 fully saturated rings. The van der Waals surface area contributed by atoms with Crippen molar-refractivity contribution in [1.82, 2.24) is 14.7 Å². The van der Waals surface area contributed by atoms with Crippen LogP contribution in [-0.2, 0) is 6.54 Å². The number of carbonyl (C=O) groups is 1. The minimum absolute atomic E-state index is 0.158. The third-order valence-electron chi connectivity index (χ3n) is 4.89. The molecule has 1 amide bonds. The second-order valence-electron chi connectivity index (χ2n) is 6.84. The van der Waals surface area contributed by atoms with Crippen LogP contribution in [0.3, 0.4) is 0 Å². The summed E-state index contributed by atoms with van der Waals surface area (Å²) in [6.45, 7) is 0.366. The van der Waals surface area contributed by atoms with Gasteiger partial charge in [-0.25, -0.2) is 9.37 Å². The SMILES string of the molecule is O=C(NCc1ccccc1Cl)c1ccc2c(c1)sc1nc(-c3ccc(F)cc3)cn12.